The van der Waals surface area contributed by atoms with Crippen molar-refractivity contribution in [1.29, 1.82) is 0 Å². The maximum atomic E-state index is 14.3. The number of amides is 1. The summed E-state index contributed by atoms with van der Waals surface area (Å²) in [4.78, 5) is 13.1. The van der Waals surface area contributed by atoms with Crippen molar-refractivity contribution in [3.63, 3.8) is 0 Å². The summed E-state index contributed by atoms with van der Waals surface area (Å²) in [6.45, 7) is 3.62. The van der Waals surface area contributed by atoms with Crippen LogP contribution in [0.1, 0.15) is 66.5 Å². The fourth-order valence-corrected chi connectivity index (χ4v) is 7.30. The van der Waals surface area contributed by atoms with Gasteiger partial charge in [0.15, 0.2) is 9.84 Å². The highest BCUT2D eigenvalue weighted by atomic mass is 32.2. The van der Waals surface area contributed by atoms with Gasteiger partial charge in [0.05, 0.1) is 23.6 Å². The molecule has 0 aliphatic heterocycles. The molecule has 1 fully saturated rings. The van der Waals surface area contributed by atoms with E-state index in [4.69, 9.17) is 0 Å². The van der Waals surface area contributed by atoms with Crippen LogP contribution < -0.4 is 10.6 Å². The average Bonchev–Trinajstić information content (AvgIpc) is 3.57. The summed E-state index contributed by atoms with van der Waals surface area (Å²) in [5.74, 6) is -2.21. The number of rotatable bonds is 12. The van der Waals surface area contributed by atoms with Crippen LogP contribution >= 0.6 is 0 Å². The lowest BCUT2D eigenvalue weighted by atomic mass is 9.99. The van der Waals surface area contributed by atoms with E-state index in [-0.39, 0.29) is 24.3 Å². The van der Waals surface area contributed by atoms with Gasteiger partial charge < -0.3 is 10.6 Å². The van der Waals surface area contributed by atoms with Crippen LogP contribution in [0.5, 0.6) is 0 Å². The molecular weight excluding hydrogens is 579 g/mol. The lowest BCUT2D eigenvalue weighted by molar-refractivity contribution is -0.137. The zero-order valence-electron chi connectivity index (χ0n) is 23.2. The summed E-state index contributed by atoms with van der Waals surface area (Å²) < 4.78 is 96.9. The van der Waals surface area contributed by atoms with Crippen molar-refractivity contribution < 1.29 is 35.2 Å². The summed E-state index contributed by atoms with van der Waals surface area (Å²) in [6, 6.07) is 5.63. The fourth-order valence-electron chi connectivity index (χ4n) is 5.10. The van der Waals surface area contributed by atoms with Gasteiger partial charge in [0.2, 0.25) is 0 Å². The number of hydrogen-bond donors (Lipinski definition) is 2. The molecule has 0 spiro atoms. The van der Waals surface area contributed by atoms with Gasteiger partial charge >= 0.3 is 12.2 Å². The number of aryl methyl sites for hydroxylation is 1. The highest BCUT2D eigenvalue weighted by Gasteiger charge is 2.45. The van der Waals surface area contributed by atoms with Crippen molar-refractivity contribution >= 4 is 15.9 Å². The normalized spacial score (nSPS) is 16.2. The van der Waals surface area contributed by atoms with Crippen LogP contribution in [0.3, 0.4) is 0 Å². The molecule has 2 atom stereocenters. The van der Waals surface area contributed by atoms with Gasteiger partial charge in [-0.15, -0.1) is 0 Å². The molecule has 3 aromatic rings. The van der Waals surface area contributed by atoms with E-state index in [2.05, 4.69) is 15.7 Å². The quantitative estimate of drug-likeness (QED) is 0.244. The second-order valence-corrected chi connectivity index (χ2v) is 13.0. The summed E-state index contributed by atoms with van der Waals surface area (Å²) in [7, 11) is -4.05. The third-order valence-electron chi connectivity index (χ3n) is 7.39. The molecule has 7 nitrogen and oxygen atoms in total. The first kappa shape index (κ1) is 31.6. The highest BCUT2D eigenvalue weighted by molar-refractivity contribution is 7.91. The van der Waals surface area contributed by atoms with E-state index in [0.717, 1.165) is 28.9 Å². The molecule has 0 saturated heterocycles. The minimum atomic E-state index is -4.51. The lowest BCUT2D eigenvalue weighted by Gasteiger charge is -2.29. The Kier molecular flexibility index (Phi) is 9.41. The van der Waals surface area contributed by atoms with Gasteiger partial charge in [0.1, 0.15) is 16.9 Å². The fraction of sp³-hybridized carbons (Fsp3) is 0.448. The first-order chi connectivity index (χ1) is 19.7. The third-order valence-corrected chi connectivity index (χ3v) is 9.62. The number of halogens is 5. The zero-order valence-corrected chi connectivity index (χ0v) is 24.0. The highest BCUT2D eigenvalue weighted by Crippen LogP contribution is 2.46. The van der Waals surface area contributed by atoms with Gasteiger partial charge in [-0.05, 0) is 80.1 Å². The predicted octanol–water partition coefficient (Wildman–Crippen LogP) is 6.04. The molecule has 1 amide bonds. The average molecular weight is 613 g/mol. The number of hydrogen-bond acceptors (Lipinski definition) is 5. The molecule has 2 N–H and O–H groups in total. The smallest absolute Gasteiger partial charge is 0.332 e. The Morgan fingerprint density at radius 3 is 2.38 bits per heavy atom. The van der Waals surface area contributed by atoms with Crippen LogP contribution in [0.15, 0.2) is 54.9 Å². The van der Waals surface area contributed by atoms with Gasteiger partial charge in [-0.2, -0.15) is 23.0 Å². The van der Waals surface area contributed by atoms with Crippen molar-refractivity contribution in [1.82, 2.24) is 20.4 Å². The Balaban J connectivity index is 1.65. The van der Waals surface area contributed by atoms with E-state index in [1.165, 1.54) is 18.5 Å². The molecule has 4 rings (SSSR count). The Hall–Kier alpha value is -3.32. The number of carbonyl (C=O) groups excluding carboxylic acids is 1. The molecule has 1 heterocycles. The van der Waals surface area contributed by atoms with Crippen LogP contribution in [0.25, 0.3) is 0 Å². The summed E-state index contributed by atoms with van der Waals surface area (Å²) in [5, 5.41) is 8.41. The van der Waals surface area contributed by atoms with Crippen LogP contribution in [-0.4, -0.2) is 42.6 Å². The Labute approximate surface area is 241 Å². The number of unbranched alkanes of at least 4 members (excludes halogenated alkanes) is 1. The topological polar surface area (TPSA) is 93.1 Å². The van der Waals surface area contributed by atoms with Gasteiger partial charge in [0, 0.05) is 17.8 Å². The van der Waals surface area contributed by atoms with Crippen LogP contribution in [0.4, 0.5) is 26.7 Å². The Morgan fingerprint density at radius 2 is 1.81 bits per heavy atom. The second-order valence-electron chi connectivity index (χ2n) is 10.7. The van der Waals surface area contributed by atoms with E-state index < -0.39 is 56.1 Å². The van der Waals surface area contributed by atoms with Crippen molar-refractivity contribution in [3.05, 3.63) is 88.7 Å². The molecule has 1 aliphatic carbocycles. The molecule has 0 bridgehead atoms. The molecule has 42 heavy (non-hydrogen) atoms. The van der Waals surface area contributed by atoms with E-state index >= 15 is 0 Å². The summed E-state index contributed by atoms with van der Waals surface area (Å²) in [5.41, 5.74) is -0.535. The number of benzene rings is 2. The molecule has 1 unspecified atom stereocenters. The maximum absolute atomic E-state index is 14.3. The SMILES string of the molecule is CCCCS(=O)(=O)C(c1cc(F)cc(F)c1)[C@H](CCNC1(c2cccc(C(F)(F)F)c2)CC1)NC(=O)n1cc(C)cn1. The second kappa shape index (κ2) is 12.5. The maximum Gasteiger partial charge on any atom is 0.416 e. The number of aromatic nitrogens is 2. The Bertz CT molecular complexity index is 1500. The third kappa shape index (κ3) is 7.54. The Morgan fingerprint density at radius 1 is 1.12 bits per heavy atom. The minimum Gasteiger partial charge on any atom is -0.332 e. The summed E-state index contributed by atoms with van der Waals surface area (Å²) >= 11 is 0. The van der Waals surface area contributed by atoms with E-state index in [1.54, 1.807) is 19.9 Å². The van der Waals surface area contributed by atoms with Gasteiger partial charge in [-0.1, -0.05) is 25.5 Å². The predicted molar refractivity (Wildman–Crippen MR) is 147 cm³/mol. The molecule has 1 aliphatic rings. The van der Waals surface area contributed by atoms with Crippen LogP contribution in [0.2, 0.25) is 0 Å². The lowest BCUT2D eigenvalue weighted by Crippen LogP contribution is -2.46. The number of nitrogens with zero attached hydrogens (tertiary/aromatic N) is 2. The largest absolute Gasteiger partial charge is 0.416 e. The first-order valence-corrected chi connectivity index (χ1v) is 15.4. The van der Waals surface area contributed by atoms with E-state index in [9.17, 15) is 35.2 Å². The summed E-state index contributed by atoms with van der Waals surface area (Å²) in [6.07, 6.45) is 0.337. The van der Waals surface area contributed by atoms with Crippen molar-refractivity contribution in [2.24, 2.45) is 0 Å². The molecule has 1 aromatic heterocycles. The van der Waals surface area contributed by atoms with Gasteiger partial charge in [-0.25, -0.2) is 22.0 Å². The number of sulfone groups is 1. The van der Waals surface area contributed by atoms with Crippen molar-refractivity contribution in [2.45, 2.75) is 69.0 Å². The number of alkyl halides is 3. The minimum absolute atomic E-state index is 0.0130. The van der Waals surface area contributed by atoms with Crippen LogP contribution in [-0.2, 0) is 21.6 Å². The van der Waals surface area contributed by atoms with Gasteiger partial charge in [-0.3, -0.25) is 0 Å². The molecule has 1 saturated carbocycles. The monoisotopic (exact) mass is 612 g/mol. The molecule has 13 heteroatoms. The zero-order chi connectivity index (χ0) is 30.7. The molecule has 0 radical (unpaired) electrons. The van der Waals surface area contributed by atoms with E-state index in [1.807, 2.05) is 0 Å². The molecular formula is C29H33F5N4O3S. The van der Waals surface area contributed by atoms with E-state index in [0.29, 0.717) is 42.9 Å². The standard InChI is InChI=1S/C29H33F5N4O3S/c1-3-4-12-42(40,41)26(20-13-23(30)16-24(31)14-20)25(37-27(39)38-18-19(2)17-36-38)8-11-35-28(9-10-28)21-6-5-7-22(15-21)29(32,33)34/h5-7,13-18,25-26,35H,3-4,8-12H2,1-2H3,(H,37,39)/t25-,26?/m0/s1. The van der Waals surface area contributed by atoms with Crippen molar-refractivity contribution in [2.75, 3.05) is 12.3 Å². The van der Waals surface area contributed by atoms with Crippen molar-refractivity contribution in [3.8, 4) is 0 Å². The van der Waals surface area contributed by atoms with Gasteiger partial charge in [0.25, 0.3) is 0 Å². The number of carbonyl (C=O) groups is 1. The molecule has 2 aromatic carbocycles. The van der Waals surface area contributed by atoms with Crippen LogP contribution in [0, 0.1) is 18.6 Å². The first-order valence-electron chi connectivity index (χ1n) is 13.7. The number of nitrogens with one attached hydrogen (secondary N) is 2. The molecule has 228 valence electrons.